The molecule has 0 bridgehead atoms. The number of rotatable bonds is 8. The first-order valence-corrected chi connectivity index (χ1v) is 12.5. The van der Waals surface area contributed by atoms with Gasteiger partial charge >= 0.3 is 10.1 Å². The summed E-state index contributed by atoms with van der Waals surface area (Å²) in [6, 6.07) is 16.5. The number of ether oxygens (including phenoxy) is 1. The number of aryl methyl sites for hydroxylation is 3. The molecule has 0 aliphatic carbocycles. The second-order valence-corrected chi connectivity index (χ2v) is 10.0. The fourth-order valence-electron chi connectivity index (χ4n) is 2.99. The zero-order chi connectivity index (χ0) is 22.6. The Morgan fingerprint density at radius 2 is 1.65 bits per heavy atom. The molecule has 0 aromatic heterocycles. The van der Waals surface area contributed by atoms with E-state index in [0.29, 0.717) is 22.5 Å². The van der Waals surface area contributed by atoms with Crippen LogP contribution in [0.1, 0.15) is 29.2 Å². The zero-order valence-corrected chi connectivity index (χ0v) is 21.0. The second kappa shape index (κ2) is 9.91. The third-order valence-corrected chi connectivity index (χ3v) is 6.91. The highest BCUT2D eigenvalue weighted by Gasteiger charge is 2.22. The normalized spacial score (nSPS) is 11.3. The highest BCUT2D eigenvalue weighted by atomic mass is 127. The van der Waals surface area contributed by atoms with Crippen LogP contribution in [0, 0.1) is 24.3 Å². The van der Waals surface area contributed by atoms with E-state index in [9.17, 15) is 8.42 Å². The minimum Gasteiger partial charge on any atom is -0.490 e. The lowest BCUT2D eigenvalue weighted by atomic mass is 10.1. The highest BCUT2D eigenvalue weighted by molar-refractivity contribution is 14.1. The summed E-state index contributed by atoms with van der Waals surface area (Å²) in [6.07, 6.45) is 0. The molecule has 5 nitrogen and oxygen atoms in total. The Morgan fingerprint density at radius 1 is 0.935 bits per heavy atom. The summed E-state index contributed by atoms with van der Waals surface area (Å²) in [6.45, 7) is 8.88. The van der Waals surface area contributed by atoms with Gasteiger partial charge < -0.3 is 14.2 Å². The molecule has 0 fully saturated rings. The molecule has 7 heteroatoms. The summed E-state index contributed by atoms with van der Waals surface area (Å²) in [5.74, 6) is 0.611. The first-order chi connectivity index (χ1) is 14.7. The van der Waals surface area contributed by atoms with Crippen LogP contribution < -0.4 is 14.2 Å². The van der Waals surface area contributed by atoms with Crippen LogP contribution in [-0.2, 0) is 16.7 Å². The van der Waals surface area contributed by atoms with Crippen molar-refractivity contribution in [1.29, 1.82) is 0 Å². The molecule has 0 saturated heterocycles. The molecule has 0 unspecified atom stereocenters. The third-order valence-electron chi connectivity index (χ3n) is 4.88. The molecule has 0 radical (unpaired) electrons. The fourth-order valence-corrected chi connectivity index (χ4v) is 4.87. The molecule has 0 spiro atoms. The van der Waals surface area contributed by atoms with E-state index in [-0.39, 0.29) is 10.6 Å². The Kier molecular flexibility index (Phi) is 7.48. The van der Waals surface area contributed by atoms with Gasteiger partial charge in [-0.15, -0.1) is 0 Å². The van der Waals surface area contributed by atoms with Gasteiger partial charge in [-0.25, -0.2) is 0 Å². The Hall–Kier alpha value is -2.26. The van der Waals surface area contributed by atoms with Crippen LogP contribution in [0.4, 0.5) is 5.69 Å². The van der Waals surface area contributed by atoms with E-state index in [1.54, 1.807) is 24.3 Å². The first-order valence-electron chi connectivity index (χ1n) is 9.97. The van der Waals surface area contributed by atoms with Crippen molar-refractivity contribution in [1.82, 2.24) is 0 Å². The van der Waals surface area contributed by atoms with E-state index in [1.807, 2.05) is 32.0 Å². The average Bonchev–Trinajstić information content (AvgIpc) is 2.72. The van der Waals surface area contributed by atoms with Gasteiger partial charge in [0.15, 0.2) is 11.5 Å². The largest absolute Gasteiger partial charge is 0.490 e. The molecule has 0 saturated carbocycles. The maximum absolute atomic E-state index is 12.8. The van der Waals surface area contributed by atoms with Gasteiger partial charge in [0.05, 0.1) is 10.2 Å². The minimum atomic E-state index is -3.97. The fraction of sp³-hybridized carbons (Fsp3) is 0.250. The maximum Gasteiger partial charge on any atom is 0.339 e. The lowest BCUT2D eigenvalue weighted by Crippen LogP contribution is -2.12. The predicted molar refractivity (Wildman–Crippen MR) is 133 cm³/mol. The minimum absolute atomic E-state index is 0.108. The third kappa shape index (κ3) is 5.92. The SMILES string of the molecule is CCOc1cc(CNc2ccc(C)c(C)c2)cc(I)c1OS(=O)(=O)c1ccc(C)cc1. The van der Waals surface area contributed by atoms with Crippen LogP contribution in [0.15, 0.2) is 59.5 Å². The van der Waals surface area contributed by atoms with E-state index in [0.717, 1.165) is 16.8 Å². The van der Waals surface area contributed by atoms with E-state index in [1.165, 1.54) is 11.1 Å². The van der Waals surface area contributed by atoms with Crippen LogP contribution >= 0.6 is 22.6 Å². The molecule has 0 amide bonds. The molecule has 3 aromatic rings. The lowest BCUT2D eigenvalue weighted by molar-refractivity contribution is 0.326. The number of halogens is 1. The smallest absolute Gasteiger partial charge is 0.339 e. The topological polar surface area (TPSA) is 64.6 Å². The van der Waals surface area contributed by atoms with Crippen molar-refractivity contribution in [2.24, 2.45) is 0 Å². The van der Waals surface area contributed by atoms with E-state index in [2.05, 4.69) is 53.9 Å². The molecular formula is C24H26INO4S. The molecule has 0 aliphatic rings. The van der Waals surface area contributed by atoms with Gasteiger partial charge in [0, 0.05) is 12.2 Å². The summed E-state index contributed by atoms with van der Waals surface area (Å²) in [5, 5.41) is 3.41. The van der Waals surface area contributed by atoms with E-state index in [4.69, 9.17) is 8.92 Å². The van der Waals surface area contributed by atoms with Crippen molar-refractivity contribution >= 4 is 38.4 Å². The van der Waals surface area contributed by atoms with Gasteiger partial charge in [-0.2, -0.15) is 8.42 Å². The van der Waals surface area contributed by atoms with Gasteiger partial charge in [0.2, 0.25) is 0 Å². The van der Waals surface area contributed by atoms with Gasteiger partial charge in [0.25, 0.3) is 0 Å². The summed E-state index contributed by atoms with van der Waals surface area (Å²) in [4.78, 5) is 0.108. The van der Waals surface area contributed by atoms with Crippen molar-refractivity contribution < 1.29 is 17.3 Å². The van der Waals surface area contributed by atoms with Crippen LogP contribution in [0.5, 0.6) is 11.5 Å². The molecule has 31 heavy (non-hydrogen) atoms. The van der Waals surface area contributed by atoms with Gasteiger partial charge in [0.1, 0.15) is 4.90 Å². The number of hydrogen-bond acceptors (Lipinski definition) is 5. The summed E-state index contributed by atoms with van der Waals surface area (Å²) >= 11 is 2.08. The van der Waals surface area contributed by atoms with Crippen LogP contribution in [-0.4, -0.2) is 15.0 Å². The summed E-state index contributed by atoms with van der Waals surface area (Å²) in [5.41, 5.74) is 5.43. The van der Waals surface area contributed by atoms with Crippen molar-refractivity contribution in [3.8, 4) is 11.5 Å². The predicted octanol–water partition coefficient (Wildman–Crippen LogP) is 5.99. The number of hydrogen-bond donors (Lipinski definition) is 1. The molecule has 0 atom stereocenters. The quantitative estimate of drug-likeness (QED) is 0.275. The van der Waals surface area contributed by atoms with Crippen molar-refractivity contribution in [2.45, 2.75) is 39.1 Å². The zero-order valence-electron chi connectivity index (χ0n) is 18.0. The molecule has 3 aromatic carbocycles. The van der Waals surface area contributed by atoms with E-state index < -0.39 is 10.1 Å². The Bertz CT molecular complexity index is 1170. The van der Waals surface area contributed by atoms with E-state index >= 15 is 0 Å². The molecule has 0 aliphatic heterocycles. The second-order valence-electron chi connectivity index (χ2n) is 7.34. The Labute approximate surface area is 198 Å². The van der Waals surface area contributed by atoms with Crippen molar-refractivity contribution in [3.05, 3.63) is 80.4 Å². The molecular weight excluding hydrogens is 525 g/mol. The van der Waals surface area contributed by atoms with Crippen LogP contribution in [0.2, 0.25) is 0 Å². The Balaban J connectivity index is 1.86. The highest BCUT2D eigenvalue weighted by Crippen LogP contribution is 2.36. The van der Waals surface area contributed by atoms with Crippen molar-refractivity contribution in [3.63, 3.8) is 0 Å². The van der Waals surface area contributed by atoms with Crippen LogP contribution in [0.25, 0.3) is 0 Å². The molecule has 164 valence electrons. The average molecular weight is 551 g/mol. The molecule has 0 heterocycles. The Morgan fingerprint density at radius 3 is 2.29 bits per heavy atom. The van der Waals surface area contributed by atoms with Gasteiger partial charge in [-0.05, 0) is 103 Å². The molecule has 3 rings (SSSR count). The summed E-state index contributed by atoms with van der Waals surface area (Å²) in [7, 11) is -3.97. The number of anilines is 1. The lowest BCUT2D eigenvalue weighted by Gasteiger charge is -2.16. The molecule has 1 N–H and O–H groups in total. The van der Waals surface area contributed by atoms with Gasteiger partial charge in [-0.3, -0.25) is 0 Å². The van der Waals surface area contributed by atoms with Crippen LogP contribution in [0.3, 0.4) is 0 Å². The first kappa shape index (κ1) is 23.4. The standard InChI is InChI=1S/C24H26INO4S/c1-5-29-23-14-19(15-26-20-9-8-17(3)18(4)12-20)13-22(25)24(23)30-31(27,28)21-10-6-16(2)7-11-21/h6-14,26H,5,15H2,1-4H3. The maximum atomic E-state index is 12.8. The number of nitrogens with one attached hydrogen (secondary N) is 1. The monoisotopic (exact) mass is 551 g/mol. The number of benzene rings is 3. The van der Waals surface area contributed by atoms with Gasteiger partial charge in [-0.1, -0.05) is 23.8 Å². The van der Waals surface area contributed by atoms with Crippen molar-refractivity contribution in [2.75, 3.05) is 11.9 Å². The summed E-state index contributed by atoms with van der Waals surface area (Å²) < 4.78 is 37.5.